The number of hydrogen-bond acceptors (Lipinski definition) is 4. The third-order valence-electron chi connectivity index (χ3n) is 6.16. The van der Waals surface area contributed by atoms with E-state index in [-0.39, 0.29) is 42.7 Å². The number of rotatable bonds is 7. The molecule has 184 valence electrons. The molecule has 2 heterocycles. The minimum atomic E-state index is -0.297. The highest BCUT2D eigenvalue weighted by molar-refractivity contribution is 5.94. The minimum Gasteiger partial charge on any atom is -0.489 e. The summed E-state index contributed by atoms with van der Waals surface area (Å²) in [7, 11) is 1.81. The second kappa shape index (κ2) is 12.3. The zero-order chi connectivity index (χ0) is 23.9. The van der Waals surface area contributed by atoms with Crippen molar-refractivity contribution in [1.29, 1.82) is 0 Å². The number of pyridine rings is 1. The van der Waals surface area contributed by atoms with Crippen molar-refractivity contribution in [3.8, 4) is 5.75 Å². The first kappa shape index (κ1) is 26.2. The summed E-state index contributed by atoms with van der Waals surface area (Å²) in [5.41, 5.74) is 2.23. The van der Waals surface area contributed by atoms with Crippen LogP contribution in [0.15, 0.2) is 73.1 Å². The van der Waals surface area contributed by atoms with Crippen molar-refractivity contribution in [3.63, 3.8) is 0 Å². The molecule has 3 aromatic rings. The number of piperidine rings is 1. The van der Waals surface area contributed by atoms with Crippen LogP contribution in [-0.4, -0.2) is 52.8 Å². The van der Waals surface area contributed by atoms with Gasteiger partial charge in [-0.15, -0.1) is 12.4 Å². The Hall–Kier alpha value is -3.45. The molecule has 4 rings (SSSR count). The molecule has 0 N–H and O–H groups in total. The summed E-state index contributed by atoms with van der Waals surface area (Å²) < 4.78 is 19.0. The summed E-state index contributed by atoms with van der Waals surface area (Å²) in [6.45, 7) is 1.52. The van der Waals surface area contributed by atoms with Crippen LogP contribution in [0.3, 0.4) is 0 Å². The second-order valence-corrected chi connectivity index (χ2v) is 8.51. The van der Waals surface area contributed by atoms with Gasteiger partial charge < -0.3 is 14.5 Å². The molecule has 1 saturated heterocycles. The smallest absolute Gasteiger partial charge is 0.253 e. The van der Waals surface area contributed by atoms with E-state index in [0.29, 0.717) is 30.8 Å². The largest absolute Gasteiger partial charge is 0.489 e. The average Bonchev–Trinajstić information content (AvgIpc) is 2.87. The standard InChI is InChI=1S/C27H28FN3O3.ClH/c1-30(24-11-14-31(15-12-24)26(32)17-20-5-3-13-29-18-20)27(33)22-7-9-25(10-8-22)34-19-21-4-2-6-23(28)16-21;/h2-10,13,16,18,24H,11-12,14-15,17,19H2,1H3;1H. The van der Waals surface area contributed by atoms with Crippen LogP contribution < -0.4 is 4.74 Å². The number of nitrogens with zero attached hydrogens (tertiary/aromatic N) is 3. The Labute approximate surface area is 211 Å². The van der Waals surface area contributed by atoms with Crippen molar-refractivity contribution in [2.45, 2.75) is 31.9 Å². The highest BCUT2D eigenvalue weighted by atomic mass is 35.5. The van der Waals surface area contributed by atoms with Crippen LogP contribution in [0.25, 0.3) is 0 Å². The predicted octanol–water partition coefficient (Wildman–Crippen LogP) is 4.53. The Morgan fingerprint density at radius 3 is 2.43 bits per heavy atom. The second-order valence-electron chi connectivity index (χ2n) is 8.51. The van der Waals surface area contributed by atoms with Crippen LogP contribution >= 0.6 is 12.4 Å². The molecule has 1 aliphatic rings. The minimum absolute atomic E-state index is 0. The molecule has 0 spiro atoms. The topological polar surface area (TPSA) is 62.7 Å². The van der Waals surface area contributed by atoms with E-state index in [4.69, 9.17) is 4.74 Å². The van der Waals surface area contributed by atoms with Gasteiger partial charge in [0.05, 0.1) is 6.42 Å². The van der Waals surface area contributed by atoms with Gasteiger partial charge in [-0.05, 0) is 66.4 Å². The SMILES string of the molecule is CN(C(=O)c1ccc(OCc2cccc(F)c2)cc1)C1CCN(C(=O)Cc2cccnc2)CC1.Cl. The normalized spacial score (nSPS) is 13.6. The Morgan fingerprint density at radius 1 is 1.06 bits per heavy atom. The van der Waals surface area contributed by atoms with E-state index in [2.05, 4.69) is 4.98 Å². The van der Waals surface area contributed by atoms with Crippen LogP contribution in [0, 0.1) is 5.82 Å². The molecule has 6 nitrogen and oxygen atoms in total. The highest BCUT2D eigenvalue weighted by Crippen LogP contribution is 2.20. The van der Waals surface area contributed by atoms with E-state index in [1.807, 2.05) is 24.1 Å². The van der Waals surface area contributed by atoms with Crippen LogP contribution in [0.2, 0.25) is 0 Å². The first-order valence-corrected chi connectivity index (χ1v) is 11.4. The Balaban J connectivity index is 0.00000342. The van der Waals surface area contributed by atoms with Crippen molar-refractivity contribution >= 4 is 24.2 Å². The first-order valence-electron chi connectivity index (χ1n) is 11.4. The molecule has 0 unspecified atom stereocenters. The fourth-order valence-corrected chi connectivity index (χ4v) is 4.15. The molecule has 0 bridgehead atoms. The van der Waals surface area contributed by atoms with Gasteiger partial charge in [0, 0.05) is 44.1 Å². The lowest BCUT2D eigenvalue weighted by molar-refractivity contribution is -0.131. The average molecular weight is 498 g/mol. The maximum Gasteiger partial charge on any atom is 0.253 e. The number of halogens is 2. The van der Waals surface area contributed by atoms with Gasteiger partial charge in [0.15, 0.2) is 0 Å². The molecule has 1 aliphatic heterocycles. The van der Waals surface area contributed by atoms with Crippen LogP contribution in [0.4, 0.5) is 4.39 Å². The molecule has 0 radical (unpaired) electrons. The van der Waals surface area contributed by atoms with Gasteiger partial charge in [0.1, 0.15) is 18.2 Å². The van der Waals surface area contributed by atoms with E-state index in [1.54, 1.807) is 53.7 Å². The van der Waals surface area contributed by atoms with Crippen molar-refractivity contribution in [2.24, 2.45) is 0 Å². The zero-order valence-corrected chi connectivity index (χ0v) is 20.4. The van der Waals surface area contributed by atoms with Gasteiger partial charge in [-0.25, -0.2) is 4.39 Å². The lowest BCUT2D eigenvalue weighted by atomic mass is 10.0. The van der Waals surface area contributed by atoms with E-state index < -0.39 is 0 Å². The van der Waals surface area contributed by atoms with Crippen LogP contribution in [0.1, 0.15) is 34.3 Å². The summed E-state index contributed by atoms with van der Waals surface area (Å²) in [6.07, 6.45) is 5.25. The van der Waals surface area contributed by atoms with Crippen LogP contribution in [-0.2, 0) is 17.8 Å². The summed E-state index contributed by atoms with van der Waals surface area (Å²) >= 11 is 0. The summed E-state index contributed by atoms with van der Waals surface area (Å²) in [6, 6.07) is 17.1. The molecule has 0 atom stereocenters. The number of ether oxygens (including phenoxy) is 1. The van der Waals surface area contributed by atoms with Crippen molar-refractivity contribution in [1.82, 2.24) is 14.8 Å². The van der Waals surface area contributed by atoms with Crippen molar-refractivity contribution < 1.29 is 18.7 Å². The van der Waals surface area contributed by atoms with Crippen molar-refractivity contribution in [2.75, 3.05) is 20.1 Å². The molecule has 35 heavy (non-hydrogen) atoms. The molecular weight excluding hydrogens is 469 g/mol. The van der Waals surface area contributed by atoms with E-state index in [0.717, 1.165) is 24.0 Å². The zero-order valence-electron chi connectivity index (χ0n) is 19.6. The molecule has 8 heteroatoms. The number of carbonyl (C=O) groups is 2. The Bertz CT molecular complexity index is 1120. The summed E-state index contributed by atoms with van der Waals surface area (Å²) in [5.74, 6) is 0.351. The number of aromatic nitrogens is 1. The highest BCUT2D eigenvalue weighted by Gasteiger charge is 2.28. The Kier molecular flexibility index (Phi) is 9.20. The van der Waals surface area contributed by atoms with Gasteiger partial charge in [-0.1, -0.05) is 18.2 Å². The summed E-state index contributed by atoms with van der Waals surface area (Å²) in [5, 5.41) is 0. The molecule has 2 aromatic carbocycles. The fourth-order valence-electron chi connectivity index (χ4n) is 4.15. The van der Waals surface area contributed by atoms with Gasteiger partial charge in [0.25, 0.3) is 5.91 Å². The van der Waals surface area contributed by atoms with Crippen LogP contribution in [0.5, 0.6) is 5.75 Å². The number of carbonyl (C=O) groups excluding carboxylic acids is 2. The third-order valence-corrected chi connectivity index (χ3v) is 6.16. The number of hydrogen-bond donors (Lipinski definition) is 0. The molecule has 2 amide bonds. The number of amides is 2. The van der Waals surface area contributed by atoms with E-state index >= 15 is 0 Å². The number of benzene rings is 2. The molecule has 0 saturated carbocycles. The lowest BCUT2D eigenvalue weighted by Crippen LogP contribution is -2.47. The molecule has 0 aliphatic carbocycles. The predicted molar refractivity (Wildman–Crippen MR) is 134 cm³/mol. The van der Waals surface area contributed by atoms with E-state index in [1.165, 1.54) is 12.1 Å². The van der Waals surface area contributed by atoms with Gasteiger partial charge >= 0.3 is 0 Å². The number of likely N-dealkylation sites (tertiary alicyclic amines) is 1. The van der Waals surface area contributed by atoms with Gasteiger partial charge in [-0.2, -0.15) is 0 Å². The van der Waals surface area contributed by atoms with Gasteiger partial charge in [0.2, 0.25) is 5.91 Å². The molecular formula is C27H29ClFN3O3. The fraction of sp³-hybridized carbons (Fsp3) is 0.296. The monoisotopic (exact) mass is 497 g/mol. The first-order chi connectivity index (χ1) is 16.5. The molecule has 1 aromatic heterocycles. The molecule has 1 fully saturated rings. The Morgan fingerprint density at radius 2 is 1.77 bits per heavy atom. The lowest BCUT2D eigenvalue weighted by Gasteiger charge is -2.37. The third kappa shape index (κ3) is 7.02. The maximum atomic E-state index is 13.3. The van der Waals surface area contributed by atoms with Gasteiger partial charge in [-0.3, -0.25) is 14.6 Å². The quantitative estimate of drug-likeness (QED) is 0.481. The maximum absolute atomic E-state index is 13.3. The van der Waals surface area contributed by atoms with E-state index in [9.17, 15) is 14.0 Å². The summed E-state index contributed by atoms with van der Waals surface area (Å²) in [4.78, 5) is 33.3. The van der Waals surface area contributed by atoms with Crippen molar-refractivity contribution in [3.05, 3.63) is 95.6 Å².